The van der Waals surface area contributed by atoms with Crippen LogP contribution >= 0.6 is 0 Å². The van der Waals surface area contributed by atoms with Gasteiger partial charge < -0.3 is 20.3 Å². The maximum Gasteiger partial charge on any atom is 0.228 e. The summed E-state index contributed by atoms with van der Waals surface area (Å²) in [5, 5.41) is 16.7. The van der Waals surface area contributed by atoms with Crippen molar-refractivity contribution in [2.45, 2.75) is 46.4 Å². The van der Waals surface area contributed by atoms with Crippen molar-refractivity contribution in [2.75, 3.05) is 10.6 Å². The molecule has 3 aromatic heterocycles. The summed E-state index contributed by atoms with van der Waals surface area (Å²) >= 11 is 0. The molecule has 0 amide bonds. The zero-order valence-corrected chi connectivity index (χ0v) is 18.7. The van der Waals surface area contributed by atoms with E-state index in [1.807, 2.05) is 28.8 Å². The number of nitrogens with one attached hydrogen (secondary N) is 2. The minimum atomic E-state index is -0.741. The molecule has 9 heteroatoms. The number of rotatable bonds is 8. The van der Waals surface area contributed by atoms with E-state index in [4.69, 9.17) is 0 Å². The van der Waals surface area contributed by atoms with Crippen LogP contribution in [0.1, 0.15) is 40.2 Å². The van der Waals surface area contributed by atoms with Crippen molar-refractivity contribution in [3.63, 3.8) is 0 Å². The van der Waals surface area contributed by atoms with Crippen LogP contribution in [0.4, 0.5) is 17.5 Å². The predicted octanol–water partition coefficient (Wildman–Crippen LogP) is 4.38. The normalized spacial score (nSPS) is 12.5. The molecule has 32 heavy (non-hydrogen) atoms. The Labute approximate surface area is 187 Å². The van der Waals surface area contributed by atoms with Crippen molar-refractivity contribution >= 4 is 28.6 Å². The van der Waals surface area contributed by atoms with Gasteiger partial charge >= 0.3 is 0 Å². The van der Waals surface area contributed by atoms with Gasteiger partial charge in [-0.25, -0.2) is 15.0 Å². The number of anilines is 3. The second-order valence-electron chi connectivity index (χ2n) is 8.38. The van der Waals surface area contributed by atoms with Gasteiger partial charge in [-0.2, -0.15) is 9.97 Å². The molecule has 0 aliphatic rings. The number of aromatic nitrogens is 6. The maximum absolute atomic E-state index is 10.4. The molecule has 1 aromatic carbocycles. The van der Waals surface area contributed by atoms with E-state index in [9.17, 15) is 5.11 Å². The zero-order valence-electron chi connectivity index (χ0n) is 18.7. The van der Waals surface area contributed by atoms with Gasteiger partial charge in [0.25, 0.3) is 0 Å². The topological polar surface area (TPSA) is 114 Å². The number of nitrogens with zero attached hydrogens (tertiary/aromatic N) is 6. The zero-order chi connectivity index (χ0) is 22.7. The third-order valence-electron chi connectivity index (χ3n) is 4.92. The lowest BCUT2D eigenvalue weighted by Crippen LogP contribution is -2.22. The van der Waals surface area contributed by atoms with E-state index in [2.05, 4.69) is 63.2 Å². The molecule has 0 spiro atoms. The van der Waals surface area contributed by atoms with Crippen LogP contribution in [0.5, 0.6) is 0 Å². The predicted molar refractivity (Wildman–Crippen MR) is 126 cm³/mol. The number of hydrogen-bond donors (Lipinski definition) is 3. The average molecular weight is 433 g/mol. The fraction of sp³-hybridized carbons (Fsp3) is 0.348. The molecule has 4 rings (SSSR count). The van der Waals surface area contributed by atoms with Gasteiger partial charge in [-0.3, -0.25) is 0 Å². The Morgan fingerprint density at radius 3 is 2.50 bits per heavy atom. The van der Waals surface area contributed by atoms with E-state index in [0.29, 0.717) is 41.1 Å². The highest BCUT2D eigenvalue weighted by Crippen LogP contribution is 2.28. The van der Waals surface area contributed by atoms with E-state index in [1.165, 1.54) is 0 Å². The molecule has 9 nitrogen and oxygen atoms in total. The summed E-state index contributed by atoms with van der Waals surface area (Å²) in [5.74, 6) is 1.88. The Bertz CT molecular complexity index is 1190. The molecule has 3 N–H and O–H groups in total. The van der Waals surface area contributed by atoms with Crippen LogP contribution in [0.3, 0.4) is 0 Å². The largest absolute Gasteiger partial charge is 0.374 e. The number of imidazole rings is 1. The van der Waals surface area contributed by atoms with Gasteiger partial charge in [-0.1, -0.05) is 26.0 Å². The van der Waals surface area contributed by atoms with Crippen molar-refractivity contribution < 1.29 is 5.11 Å². The molecule has 3 heterocycles. The molecule has 0 aliphatic carbocycles. The fourth-order valence-electron chi connectivity index (χ4n) is 3.42. The van der Waals surface area contributed by atoms with Gasteiger partial charge in [0.1, 0.15) is 6.23 Å². The Kier molecular flexibility index (Phi) is 6.27. The first-order valence-electron chi connectivity index (χ1n) is 10.7. The highest BCUT2D eigenvalue weighted by molar-refractivity contribution is 5.87. The Morgan fingerprint density at radius 2 is 1.78 bits per heavy atom. The fourth-order valence-corrected chi connectivity index (χ4v) is 3.42. The van der Waals surface area contributed by atoms with Crippen LogP contribution in [-0.2, 0) is 0 Å². The molecular weight excluding hydrogens is 404 g/mol. The molecule has 4 aromatic rings. The van der Waals surface area contributed by atoms with E-state index in [1.54, 1.807) is 24.8 Å². The monoisotopic (exact) mass is 432 g/mol. The molecule has 166 valence electrons. The van der Waals surface area contributed by atoms with Crippen LogP contribution in [0, 0.1) is 5.92 Å². The minimum absolute atomic E-state index is 0.176. The summed E-state index contributed by atoms with van der Waals surface area (Å²) in [7, 11) is 0. The summed E-state index contributed by atoms with van der Waals surface area (Å²) in [6, 6.07) is 9.76. The highest BCUT2D eigenvalue weighted by Gasteiger charge is 2.17. The summed E-state index contributed by atoms with van der Waals surface area (Å²) < 4.78 is 1.98. The molecule has 0 unspecified atom stereocenters. The molecule has 0 fully saturated rings. The van der Waals surface area contributed by atoms with Crippen molar-refractivity contribution in [1.29, 1.82) is 0 Å². The first-order chi connectivity index (χ1) is 15.4. The number of hydrogen-bond acceptors (Lipinski definition) is 8. The van der Waals surface area contributed by atoms with E-state index >= 15 is 0 Å². The maximum atomic E-state index is 10.4. The Hall–Kier alpha value is -3.59. The summed E-state index contributed by atoms with van der Waals surface area (Å²) in [4.78, 5) is 22.4. The smallest absolute Gasteiger partial charge is 0.228 e. The lowest BCUT2D eigenvalue weighted by molar-refractivity contribution is 0.175. The lowest BCUT2D eigenvalue weighted by Gasteiger charge is -2.16. The van der Waals surface area contributed by atoms with E-state index in [-0.39, 0.29) is 6.04 Å². The molecule has 0 aliphatic heterocycles. The molecule has 0 bridgehead atoms. The van der Waals surface area contributed by atoms with Crippen LogP contribution in [0.15, 0.2) is 49.1 Å². The summed E-state index contributed by atoms with van der Waals surface area (Å²) in [6.07, 6.45) is 5.05. The molecule has 0 saturated carbocycles. The van der Waals surface area contributed by atoms with Crippen molar-refractivity contribution in [3.8, 4) is 11.4 Å². The van der Waals surface area contributed by atoms with Crippen LogP contribution in [-0.4, -0.2) is 40.8 Å². The SMILES string of the molecule is CC(C)C[C@@H](O)Nc1nc(Nc2cccc(-c3ncccn3)c2)c2ncn(C(C)C)c2n1. The van der Waals surface area contributed by atoms with Gasteiger partial charge in [0.15, 0.2) is 22.8 Å². The first-order valence-corrected chi connectivity index (χ1v) is 10.7. The van der Waals surface area contributed by atoms with Gasteiger partial charge in [0.2, 0.25) is 5.95 Å². The second kappa shape index (κ2) is 9.27. The molecule has 0 saturated heterocycles. The lowest BCUT2D eigenvalue weighted by atomic mass is 10.1. The highest BCUT2D eigenvalue weighted by atomic mass is 16.3. The van der Waals surface area contributed by atoms with Gasteiger partial charge in [-0.15, -0.1) is 0 Å². The van der Waals surface area contributed by atoms with Crippen LogP contribution in [0.2, 0.25) is 0 Å². The van der Waals surface area contributed by atoms with Crippen molar-refractivity contribution in [1.82, 2.24) is 29.5 Å². The number of benzene rings is 1. The van der Waals surface area contributed by atoms with Crippen LogP contribution in [0.25, 0.3) is 22.6 Å². The van der Waals surface area contributed by atoms with Crippen molar-refractivity contribution in [2.24, 2.45) is 5.92 Å². The Morgan fingerprint density at radius 1 is 1.00 bits per heavy atom. The van der Waals surface area contributed by atoms with Gasteiger partial charge in [0, 0.05) is 29.7 Å². The number of aliphatic hydroxyl groups is 1. The minimum Gasteiger partial charge on any atom is -0.374 e. The first kappa shape index (κ1) is 21.6. The third-order valence-corrected chi connectivity index (χ3v) is 4.92. The van der Waals surface area contributed by atoms with Crippen LogP contribution < -0.4 is 10.6 Å². The Balaban J connectivity index is 1.71. The van der Waals surface area contributed by atoms with Gasteiger partial charge in [0.05, 0.1) is 6.33 Å². The molecular formula is C23H28N8O. The average Bonchev–Trinajstić information content (AvgIpc) is 3.18. The summed E-state index contributed by atoms with van der Waals surface area (Å²) in [6.45, 7) is 8.25. The molecule has 1 atom stereocenters. The number of fused-ring (bicyclic) bond motifs is 1. The summed E-state index contributed by atoms with van der Waals surface area (Å²) in [5.41, 5.74) is 3.06. The van der Waals surface area contributed by atoms with E-state index in [0.717, 1.165) is 11.3 Å². The standard InChI is InChI=1S/C23H28N8O/c1-14(2)11-18(32)28-23-29-21(19-22(30-23)31(13-26-19)15(3)4)27-17-8-5-7-16(12-17)20-24-9-6-10-25-20/h5-10,12-15,18,32H,11H2,1-4H3,(H2,27,28,29,30)/t18-/m1/s1. The van der Waals surface area contributed by atoms with Crippen molar-refractivity contribution in [3.05, 3.63) is 49.1 Å². The second-order valence-corrected chi connectivity index (χ2v) is 8.38. The quantitative estimate of drug-likeness (QED) is 0.351. The third kappa shape index (κ3) is 4.83. The van der Waals surface area contributed by atoms with Gasteiger partial charge in [-0.05, 0) is 44.4 Å². The molecule has 0 radical (unpaired) electrons. The van der Waals surface area contributed by atoms with E-state index < -0.39 is 6.23 Å². The number of aliphatic hydroxyl groups excluding tert-OH is 1.